The van der Waals surface area contributed by atoms with Crippen molar-refractivity contribution in [2.75, 3.05) is 18.4 Å². The van der Waals surface area contributed by atoms with Crippen LogP contribution in [0.1, 0.15) is 40.2 Å². The van der Waals surface area contributed by atoms with Crippen molar-refractivity contribution >= 4 is 21.6 Å². The maximum absolute atomic E-state index is 12.9. The summed E-state index contributed by atoms with van der Waals surface area (Å²) >= 11 is 0. The lowest BCUT2D eigenvalue weighted by molar-refractivity contribution is 0.101. The minimum Gasteiger partial charge on any atom is -0.343 e. The average Bonchev–Trinajstić information content (AvgIpc) is 3.21. The van der Waals surface area contributed by atoms with E-state index in [0.717, 1.165) is 29.7 Å². The third-order valence-corrected chi connectivity index (χ3v) is 7.05. The van der Waals surface area contributed by atoms with Gasteiger partial charge in [0.2, 0.25) is 10.0 Å². The molecule has 1 aliphatic heterocycles. The summed E-state index contributed by atoms with van der Waals surface area (Å²) < 4.78 is 28.9. The van der Waals surface area contributed by atoms with E-state index in [-0.39, 0.29) is 10.8 Å². The monoisotopic (exact) mass is 375 g/mol. The van der Waals surface area contributed by atoms with Crippen molar-refractivity contribution in [1.29, 1.82) is 0 Å². The molecule has 1 fully saturated rings. The van der Waals surface area contributed by atoms with Crippen LogP contribution in [0.2, 0.25) is 0 Å². The Morgan fingerprint density at radius 3 is 2.35 bits per heavy atom. The number of nitrogens with one attached hydrogen (secondary N) is 1. The van der Waals surface area contributed by atoms with Gasteiger partial charge in [-0.25, -0.2) is 8.42 Å². The molecule has 3 rings (SSSR count). The van der Waals surface area contributed by atoms with E-state index < -0.39 is 10.0 Å². The number of hydrogen-bond acceptors (Lipinski definition) is 3. The number of hydrogen-bond donors (Lipinski definition) is 1. The van der Waals surface area contributed by atoms with Gasteiger partial charge in [0.25, 0.3) is 5.91 Å². The molecule has 0 spiro atoms. The Hall–Kier alpha value is -2.12. The number of aromatic nitrogens is 1. The van der Waals surface area contributed by atoms with Gasteiger partial charge in [-0.3, -0.25) is 4.79 Å². The van der Waals surface area contributed by atoms with E-state index in [0.29, 0.717) is 24.5 Å². The highest BCUT2D eigenvalue weighted by molar-refractivity contribution is 7.89. The Balaban J connectivity index is 1.92. The fraction of sp³-hybridized carbons (Fsp3) is 0.421. The topological polar surface area (TPSA) is 71.4 Å². The minimum atomic E-state index is -3.56. The average molecular weight is 375 g/mol. The molecule has 6 nitrogen and oxygen atoms in total. The first kappa shape index (κ1) is 18.7. The van der Waals surface area contributed by atoms with Crippen LogP contribution in [0, 0.1) is 20.8 Å². The molecule has 1 saturated heterocycles. The third-order valence-electron chi connectivity index (χ3n) is 5.03. The summed E-state index contributed by atoms with van der Waals surface area (Å²) in [6.07, 6.45) is 1.76. The molecule has 2 aromatic rings. The molecule has 0 unspecified atom stereocenters. The fourth-order valence-electron chi connectivity index (χ4n) is 3.36. The second kappa shape index (κ2) is 6.89. The van der Waals surface area contributed by atoms with E-state index in [1.807, 2.05) is 32.0 Å². The molecular weight excluding hydrogens is 350 g/mol. The zero-order valence-corrected chi connectivity index (χ0v) is 16.5. The van der Waals surface area contributed by atoms with Crippen molar-refractivity contribution in [2.24, 2.45) is 7.05 Å². The zero-order chi connectivity index (χ0) is 19.1. The number of anilines is 1. The summed E-state index contributed by atoms with van der Waals surface area (Å²) in [4.78, 5) is 13.0. The lowest BCUT2D eigenvalue weighted by atomic mass is 10.1. The molecule has 0 radical (unpaired) electrons. The van der Waals surface area contributed by atoms with Crippen LogP contribution in [0.5, 0.6) is 0 Å². The first-order valence-corrected chi connectivity index (χ1v) is 10.2. The number of amides is 1. The summed E-state index contributed by atoms with van der Waals surface area (Å²) in [5.41, 5.74) is 3.72. The largest absolute Gasteiger partial charge is 0.343 e. The van der Waals surface area contributed by atoms with E-state index in [1.54, 1.807) is 18.5 Å². The van der Waals surface area contributed by atoms with Crippen molar-refractivity contribution in [3.8, 4) is 0 Å². The van der Waals surface area contributed by atoms with Crippen molar-refractivity contribution in [2.45, 2.75) is 38.5 Å². The van der Waals surface area contributed by atoms with Crippen LogP contribution in [-0.4, -0.2) is 36.3 Å². The first-order chi connectivity index (χ1) is 12.2. The van der Waals surface area contributed by atoms with Crippen LogP contribution < -0.4 is 5.32 Å². The maximum Gasteiger partial charge on any atom is 0.272 e. The number of sulfonamides is 1. The Morgan fingerprint density at radius 2 is 1.73 bits per heavy atom. The predicted octanol–water partition coefficient (Wildman–Crippen LogP) is 2.99. The van der Waals surface area contributed by atoms with Gasteiger partial charge in [0.1, 0.15) is 10.6 Å². The van der Waals surface area contributed by atoms with Gasteiger partial charge < -0.3 is 9.88 Å². The highest BCUT2D eigenvalue weighted by Gasteiger charge is 2.31. The molecule has 26 heavy (non-hydrogen) atoms. The predicted molar refractivity (Wildman–Crippen MR) is 102 cm³/mol. The van der Waals surface area contributed by atoms with Crippen LogP contribution in [-0.2, 0) is 17.1 Å². The molecule has 0 aliphatic carbocycles. The van der Waals surface area contributed by atoms with E-state index in [4.69, 9.17) is 0 Å². The van der Waals surface area contributed by atoms with Gasteiger partial charge in [0.15, 0.2) is 0 Å². The highest BCUT2D eigenvalue weighted by Crippen LogP contribution is 2.27. The molecule has 0 saturated carbocycles. The summed E-state index contributed by atoms with van der Waals surface area (Å²) in [6, 6.07) is 7.28. The molecule has 1 N–H and O–H groups in total. The van der Waals surface area contributed by atoms with Gasteiger partial charge in [0, 0.05) is 31.5 Å². The number of carbonyl (C=O) groups is 1. The van der Waals surface area contributed by atoms with Gasteiger partial charge in [-0.2, -0.15) is 4.31 Å². The van der Waals surface area contributed by atoms with Crippen LogP contribution in [0.15, 0.2) is 29.2 Å². The minimum absolute atomic E-state index is 0.215. The molecule has 2 heterocycles. The van der Waals surface area contributed by atoms with Gasteiger partial charge in [-0.05, 0) is 51.3 Å². The number of carbonyl (C=O) groups excluding carboxylic acids is 1. The van der Waals surface area contributed by atoms with E-state index in [9.17, 15) is 13.2 Å². The van der Waals surface area contributed by atoms with Crippen molar-refractivity contribution < 1.29 is 13.2 Å². The molecule has 1 aliphatic rings. The van der Waals surface area contributed by atoms with Crippen molar-refractivity contribution in [3.05, 3.63) is 46.8 Å². The molecule has 0 atom stereocenters. The van der Waals surface area contributed by atoms with Gasteiger partial charge >= 0.3 is 0 Å². The van der Waals surface area contributed by atoms with Crippen LogP contribution >= 0.6 is 0 Å². The van der Waals surface area contributed by atoms with E-state index in [1.165, 1.54) is 10.4 Å². The SMILES string of the molecule is Cc1ccc(NC(=O)c2cc(S(=O)(=O)N3CCCC3)c(C)n2C)c(C)c1. The number of nitrogens with zero attached hydrogens (tertiary/aromatic N) is 2. The standard InChI is InChI=1S/C19H25N3O3S/c1-13-7-8-16(14(2)11-13)20-19(23)17-12-18(15(3)21(17)4)26(24,25)22-9-5-6-10-22/h7-8,11-12H,5-6,9-10H2,1-4H3,(H,20,23). The maximum atomic E-state index is 12.9. The summed E-state index contributed by atoms with van der Waals surface area (Å²) in [5.74, 6) is -0.314. The normalized spacial score (nSPS) is 15.4. The quantitative estimate of drug-likeness (QED) is 0.893. The summed E-state index contributed by atoms with van der Waals surface area (Å²) in [5, 5.41) is 2.89. The number of aryl methyl sites for hydroxylation is 2. The molecule has 1 aromatic carbocycles. The Morgan fingerprint density at radius 1 is 1.08 bits per heavy atom. The lowest BCUT2D eigenvalue weighted by Crippen LogP contribution is -2.28. The lowest BCUT2D eigenvalue weighted by Gasteiger charge is -2.15. The summed E-state index contributed by atoms with van der Waals surface area (Å²) in [6.45, 7) is 6.75. The molecule has 140 valence electrons. The highest BCUT2D eigenvalue weighted by atomic mass is 32.2. The number of rotatable bonds is 4. The van der Waals surface area contributed by atoms with Gasteiger partial charge in [0.05, 0.1) is 0 Å². The Labute approximate surface area is 154 Å². The van der Waals surface area contributed by atoms with Crippen molar-refractivity contribution in [3.63, 3.8) is 0 Å². The molecule has 0 bridgehead atoms. The van der Waals surface area contributed by atoms with Crippen molar-refractivity contribution in [1.82, 2.24) is 8.87 Å². The van der Waals surface area contributed by atoms with Gasteiger partial charge in [-0.15, -0.1) is 0 Å². The van der Waals surface area contributed by atoms with E-state index >= 15 is 0 Å². The second-order valence-electron chi connectivity index (χ2n) is 6.92. The molecule has 7 heteroatoms. The Kier molecular flexibility index (Phi) is 4.94. The van der Waals surface area contributed by atoms with E-state index in [2.05, 4.69) is 5.32 Å². The third kappa shape index (κ3) is 3.29. The fourth-order valence-corrected chi connectivity index (χ4v) is 5.15. The summed E-state index contributed by atoms with van der Waals surface area (Å²) in [7, 11) is -1.84. The molecule has 1 aromatic heterocycles. The smallest absolute Gasteiger partial charge is 0.272 e. The zero-order valence-electron chi connectivity index (χ0n) is 15.7. The Bertz CT molecular complexity index is 955. The molecular formula is C19H25N3O3S. The van der Waals surface area contributed by atoms with Crippen LogP contribution in [0.3, 0.4) is 0 Å². The molecule has 1 amide bonds. The van der Waals surface area contributed by atoms with Crippen LogP contribution in [0.25, 0.3) is 0 Å². The second-order valence-corrected chi connectivity index (χ2v) is 8.83. The first-order valence-electron chi connectivity index (χ1n) is 8.77. The van der Waals surface area contributed by atoms with Crippen LogP contribution in [0.4, 0.5) is 5.69 Å². The number of benzene rings is 1. The van der Waals surface area contributed by atoms with Gasteiger partial charge in [-0.1, -0.05) is 17.7 Å².